The average Bonchev–Trinajstić information content (AvgIpc) is 3.20. The Labute approximate surface area is 156 Å². The minimum Gasteiger partial charge on any atom is -0.498 e. The van der Waals surface area contributed by atoms with Crippen LogP contribution >= 0.6 is 11.6 Å². The molecule has 1 aliphatic carbocycles. The Morgan fingerprint density at radius 3 is 2.81 bits per heavy atom. The first kappa shape index (κ1) is 16.6. The van der Waals surface area contributed by atoms with Gasteiger partial charge in [0.15, 0.2) is 11.5 Å². The van der Waals surface area contributed by atoms with E-state index < -0.39 is 0 Å². The third-order valence-electron chi connectivity index (χ3n) is 4.53. The van der Waals surface area contributed by atoms with Crippen LogP contribution in [0.4, 0.5) is 5.69 Å². The number of nitrogens with zero attached hydrogens (tertiary/aromatic N) is 5. The number of methoxy groups -OCH3 is 1. The van der Waals surface area contributed by atoms with Gasteiger partial charge in [-0.05, 0) is 37.6 Å². The molecule has 1 aromatic carbocycles. The first-order chi connectivity index (χ1) is 12.5. The molecule has 0 amide bonds. The zero-order valence-corrected chi connectivity index (χ0v) is 15.4. The number of halogens is 1. The molecule has 0 bridgehead atoms. The van der Waals surface area contributed by atoms with Gasteiger partial charge in [-0.3, -0.25) is 4.68 Å². The van der Waals surface area contributed by atoms with Crippen molar-refractivity contribution in [3.05, 3.63) is 51.7 Å². The maximum atomic E-state index is 7.30. The summed E-state index contributed by atoms with van der Waals surface area (Å²) in [5.41, 5.74) is 5.76. The Morgan fingerprint density at radius 1 is 1.31 bits per heavy atom. The number of rotatable bonds is 3. The monoisotopic (exact) mass is 365 g/mol. The number of fused-ring (bicyclic) bond motifs is 3. The molecule has 3 aromatic rings. The number of aromatic nitrogens is 4. The van der Waals surface area contributed by atoms with Gasteiger partial charge in [-0.25, -0.2) is 14.8 Å². The molecule has 0 fully saturated rings. The molecule has 2 heterocycles. The van der Waals surface area contributed by atoms with Crippen LogP contribution < -0.4 is 4.74 Å². The van der Waals surface area contributed by atoms with Crippen molar-refractivity contribution < 1.29 is 4.74 Å². The van der Waals surface area contributed by atoms with Gasteiger partial charge < -0.3 is 4.74 Å². The van der Waals surface area contributed by atoms with Crippen molar-refractivity contribution >= 4 is 17.3 Å². The third kappa shape index (κ3) is 2.44. The van der Waals surface area contributed by atoms with E-state index in [1.54, 1.807) is 13.2 Å². The van der Waals surface area contributed by atoms with E-state index in [9.17, 15) is 0 Å². The molecule has 6 nitrogen and oxygen atoms in total. The molecule has 2 aromatic heterocycles. The molecular formula is C19H16ClN5O. The molecule has 0 saturated carbocycles. The van der Waals surface area contributed by atoms with Crippen LogP contribution in [0.1, 0.15) is 23.9 Å². The van der Waals surface area contributed by atoms with Crippen molar-refractivity contribution in [2.75, 3.05) is 7.11 Å². The molecule has 0 aliphatic heterocycles. The quantitative estimate of drug-likeness (QED) is 0.397. The Kier molecular flexibility index (Phi) is 3.89. The highest BCUT2D eigenvalue weighted by Gasteiger charge is 2.28. The van der Waals surface area contributed by atoms with Gasteiger partial charge in [-0.2, -0.15) is 5.10 Å². The molecule has 1 aliphatic rings. The van der Waals surface area contributed by atoms with Gasteiger partial charge >= 0.3 is 0 Å². The SMILES string of the molecule is [C-]#[N+]c1cc(OC)c2c(c1)-c1c(Cl)nc(-c3cc(C)nn3CC)nc1C2. The van der Waals surface area contributed by atoms with E-state index in [0.29, 0.717) is 28.8 Å². The molecule has 0 saturated heterocycles. The topological polar surface area (TPSA) is 57.2 Å². The van der Waals surface area contributed by atoms with Crippen molar-refractivity contribution in [2.24, 2.45) is 0 Å². The maximum Gasteiger partial charge on any atom is 0.191 e. The fourth-order valence-corrected chi connectivity index (χ4v) is 3.69. The minimum absolute atomic E-state index is 0.384. The van der Waals surface area contributed by atoms with Gasteiger partial charge in [-0.1, -0.05) is 11.6 Å². The predicted octanol–water partition coefficient (Wildman–Crippen LogP) is 4.45. The fraction of sp³-hybridized carbons (Fsp3) is 0.263. The normalized spacial score (nSPS) is 11.8. The van der Waals surface area contributed by atoms with Gasteiger partial charge in [0.25, 0.3) is 0 Å². The van der Waals surface area contributed by atoms with Crippen LogP contribution in [0.3, 0.4) is 0 Å². The van der Waals surface area contributed by atoms with Crippen molar-refractivity contribution in [1.82, 2.24) is 19.7 Å². The van der Waals surface area contributed by atoms with E-state index in [2.05, 4.69) is 14.9 Å². The molecule has 4 rings (SSSR count). The largest absolute Gasteiger partial charge is 0.498 e. The van der Waals surface area contributed by atoms with E-state index >= 15 is 0 Å². The van der Waals surface area contributed by atoms with E-state index in [0.717, 1.165) is 40.3 Å². The predicted molar refractivity (Wildman–Crippen MR) is 99.7 cm³/mol. The number of hydrogen-bond donors (Lipinski definition) is 0. The molecular weight excluding hydrogens is 350 g/mol. The summed E-state index contributed by atoms with van der Waals surface area (Å²) in [4.78, 5) is 12.8. The smallest absolute Gasteiger partial charge is 0.191 e. The zero-order chi connectivity index (χ0) is 18.4. The average molecular weight is 366 g/mol. The molecule has 0 spiro atoms. The van der Waals surface area contributed by atoms with Crippen LogP contribution in [0.2, 0.25) is 5.15 Å². The van der Waals surface area contributed by atoms with E-state index in [1.807, 2.05) is 30.7 Å². The summed E-state index contributed by atoms with van der Waals surface area (Å²) >= 11 is 6.55. The second-order valence-electron chi connectivity index (χ2n) is 6.11. The molecule has 0 unspecified atom stereocenters. The number of ether oxygens (including phenoxy) is 1. The highest BCUT2D eigenvalue weighted by Crippen LogP contribution is 2.46. The van der Waals surface area contributed by atoms with Gasteiger partial charge in [-0.15, -0.1) is 0 Å². The lowest BCUT2D eigenvalue weighted by molar-refractivity contribution is 0.411. The van der Waals surface area contributed by atoms with Crippen LogP contribution in [0.25, 0.3) is 27.5 Å². The standard InChI is InChI=1S/C19H16ClN5O/c1-5-25-15(6-10(2)24-25)19-22-14-9-12-13(17(14)18(20)23-19)7-11(21-3)8-16(12)26-4/h6-8H,5,9H2,1-2,4H3. The Bertz CT molecular complexity index is 1080. The number of benzene rings is 1. The Morgan fingerprint density at radius 2 is 2.12 bits per heavy atom. The van der Waals surface area contributed by atoms with Gasteiger partial charge in [0.05, 0.1) is 25.1 Å². The molecule has 26 heavy (non-hydrogen) atoms. The van der Waals surface area contributed by atoms with Gasteiger partial charge in [0, 0.05) is 24.1 Å². The second-order valence-corrected chi connectivity index (χ2v) is 6.47. The van der Waals surface area contributed by atoms with Gasteiger partial charge in [0.1, 0.15) is 16.6 Å². The summed E-state index contributed by atoms with van der Waals surface area (Å²) in [6.45, 7) is 12.0. The maximum absolute atomic E-state index is 7.30. The highest BCUT2D eigenvalue weighted by atomic mass is 35.5. The van der Waals surface area contributed by atoms with E-state index in [1.165, 1.54) is 0 Å². The summed E-state index contributed by atoms with van der Waals surface area (Å²) in [7, 11) is 1.60. The molecule has 130 valence electrons. The van der Waals surface area contributed by atoms with Crippen molar-refractivity contribution in [3.63, 3.8) is 0 Å². The van der Waals surface area contributed by atoms with Crippen LogP contribution in [0.15, 0.2) is 18.2 Å². The fourth-order valence-electron chi connectivity index (χ4n) is 3.40. The molecule has 0 atom stereocenters. The third-order valence-corrected chi connectivity index (χ3v) is 4.80. The Hall–Kier alpha value is -2.91. The molecule has 0 radical (unpaired) electrons. The minimum atomic E-state index is 0.384. The summed E-state index contributed by atoms with van der Waals surface area (Å²) < 4.78 is 7.34. The van der Waals surface area contributed by atoms with Crippen LogP contribution in [0, 0.1) is 13.5 Å². The molecule has 7 heteroatoms. The first-order valence-corrected chi connectivity index (χ1v) is 8.63. The molecule has 0 N–H and O–H groups in total. The zero-order valence-electron chi connectivity index (χ0n) is 14.7. The van der Waals surface area contributed by atoms with Gasteiger partial charge in [0.2, 0.25) is 0 Å². The van der Waals surface area contributed by atoms with E-state index in [-0.39, 0.29) is 0 Å². The summed E-state index contributed by atoms with van der Waals surface area (Å²) in [6.07, 6.45) is 0.598. The van der Waals surface area contributed by atoms with Crippen LogP contribution in [0.5, 0.6) is 5.75 Å². The number of aryl methyl sites for hydroxylation is 2. The lowest BCUT2D eigenvalue weighted by Gasteiger charge is -2.09. The summed E-state index contributed by atoms with van der Waals surface area (Å²) in [6, 6.07) is 5.53. The van der Waals surface area contributed by atoms with Crippen LogP contribution in [-0.2, 0) is 13.0 Å². The first-order valence-electron chi connectivity index (χ1n) is 8.25. The Balaban J connectivity index is 1.91. The van der Waals surface area contributed by atoms with E-state index in [4.69, 9.17) is 27.9 Å². The lowest BCUT2D eigenvalue weighted by atomic mass is 10.1. The lowest BCUT2D eigenvalue weighted by Crippen LogP contribution is -2.03. The van der Waals surface area contributed by atoms with Crippen molar-refractivity contribution in [2.45, 2.75) is 26.8 Å². The highest BCUT2D eigenvalue weighted by molar-refractivity contribution is 6.32. The van der Waals surface area contributed by atoms with Crippen molar-refractivity contribution in [3.8, 4) is 28.4 Å². The number of hydrogen-bond acceptors (Lipinski definition) is 4. The summed E-state index contributed by atoms with van der Waals surface area (Å²) in [5.74, 6) is 1.24. The van der Waals surface area contributed by atoms with Crippen molar-refractivity contribution in [1.29, 1.82) is 0 Å². The van der Waals surface area contributed by atoms with Crippen LogP contribution in [-0.4, -0.2) is 26.9 Å². The second kappa shape index (κ2) is 6.11. The summed E-state index contributed by atoms with van der Waals surface area (Å²) in [5, 5.41) is 4.84.